The SMILES string of the molecule is Cc1ccsc1CNCC(C(C)C)N1CCCC1. The first-order valence-electron chi connectivity index (χ1n) is 7.16. The molecule has 1 atom stereocenters. The zero-order valence-corrected chi connectivity index (χ0v) is 12.7. The average molecular weight is 266 g/mol. The van der Waals surface area contributed by atoms with Crippen LogP contribution in [0.2, 0.25) is 0 Å². The second kappa shape index (κ2) is 6.69. The van der Waals surface area contributed by atoms with E-state index in [9.17, 15) is 0 Å². The lowest BCUT2D eigenvalue weighted by Crippen LogP contribution is -2.44. The predicted octanol–water partition coefficient (Wildman–Crippen LogP) is 3.27. The van der Waals surface area contributed by atoms with Gasteiger partial charge in [-0.15, -0.1) is 11.3 Å². The minimum Gasteiger partial charge on any atom is -0.310 e. The Kier molecular flexibility index (Phi) is 5.22. The van der Waals surface area contributed by atoms with Gasteiger partial charge in [-0.05, 0) is 55.8 Å². The van der Waals surface area contributed by atoms with Gasteiger partial charge in [0, 0.05) is 24.0 Å². The molecule has 1 aromatic heterocycles. The monoisotopic (exact) mass is 266 g/mol. The highest BCUT2D eigenvalue weighted by Crippen LogP contribution is 2.18. The van der Waals surface area contributed by atoms with Crippen molar-refractivity contribution >= 4 is 11.3 Å². The third-order valence-corrected chi connectivity index (χ3v) is 5.01. The summed E-state index contributed by atoms with van der Waals surface area (Å²) in [4.78, 5) is 4.15. The van der Waals surface area contributed by atoms with Gasteiger partial charge in [0.2, 0.25) is 0 Å². The summed E-state index contributed by atoms with van der Waals surface area (Å²) in [7, 11) is 0. The van der Waals surface area contributed by atoms with Crippen LogP contribution in [0.15, 0.2) is 11.4 Å². The van der Waals surface area contributed by atoms with E-state index in [1.165, 1.54) is 36.4 Å². The normalized spacial score (nSPS) is 18.7. The van der Waals surface area contributed by atoms with E-state index < -0.39 is 0 Å². The summed E-state index contributed by atoms with van der Waals surface area (Å²) >= 11 is 1.87. The number of rotatable bonds is 6. The first-order valence-corrected chi connectivity index (χ1v) is 8.04. The van der Waals surface area contributed by atoms with Gasteiger partial charge in [-0.25, -0.2) is 0 Å². The zero-order chi connectivity index (χ0) is 13.0. The van der Waals surface area contributed by atoms with Gasteiger partial charge in [0.15, 0.2) is 0 Å². The lowest BCUT2D eigenvalue weighted by Gasteiger charge is -2.31. The highest BCUT2D eigenvalue weighted by Gasteiger charge is 2.23. The van der Waals surface area contributed by atoms with Crippen molar-refractivity contribution in [1.82, 2.24) is 10.2 Å². The molecule has 1 saturated heterocycles. The van der Waals surface area contributed by atoms with E-state index in [2.05, 4.69) is 42.4 Å². The molecule has 1 aromatic rings. The van der Waals surface area contributed by atoms with Crippen LogP contribution >= 0.6 is 11.3 Å². The maximum Gasteiger partial charge on any atom is 0.0303 e. The summed E-state index contributed by atoms with van der Waals surface area (Å²) in [6.07, 6.45) is 2.76. The van der Waals surface area contributed by atoms with Gasteiger partial charge in [-0.1, -0.05) is 13.8 Å². The molecule has 0 amide bonds. The van der Waals surface area contributed by atoms with Crippen LogP contribution < -0.4 is 5.32 Å². The van der Waals surface area contributed by atoms with E-state index in [1.807, 2.05) is 11.3 Å². The zero-order valence-electron chi connectivity index (χ0n) is 11.9. The first-order chi connectivity index (χ1) is 8.68. The summed E-state index contributed by atoms with van der Waals surface area (Å²) in [6.45, 7) is 11.6. The Labute approximate surface area is 115 Å². The van der Waals surface area contributed by atoms with Gasteiger partial charge in [-0.3, -0.25) is 4.90 Å². The van der Waals surface area contributed by atoms with Crippen LogP contribution in [0.1, 0.15) is 37.1 Å². The Morgan fingerprint density at radius 2 is 2.06 bits per heavy atom. The molecule has 0 radical (unpaired) electrons. The van der Waals surface area contributed by atoms with Crippen molar-refractivity contribution in [3.05, 3.63) is 21.9 Å². The van der Waals surface area contributed by atoms with E-state index >= 15 is 0 Å². The number of hydrogen-bond acceptors (Lipinski definition) is 3. The largest absolute Gasteiger partial charge is 0.310 e. The Hall–Kier alpha value is -0.380. The summed E-state index contributed by atoms with van der Waals surface area (Å²) in [5.41, 5.74) is 1.43. The third-order valence-electron chi connectivity index (χ3n) is 3.99. The van der Waals surface area contributed by atoms with Crippen LogP contribution in [0.5, 0.6) is 0 Å². The number of thiophene rings is 1. The fourth-order valence-corrected chi connectivity index (χ4v) is 3.65. The highest BCUT2D eigenvalue weighted by molar-refractivity contribution is 7.10. The van der Waals surface area contributed by atoms with E-state index in [0.29, 0.717) is 6.04 Å². The van der Waals surface area contributed by atoms with E-state index in [-0.39, 0.29) is 0 Å². The molecule has 18 heavy (non-hydrogen) atoms. The molecule has 1 aliphatic heterocycles. The topological polar surface area (TPSA) is 15.3 Å². The average Bonchev–Trinajstić information content (AvgIpc) is 2.96. The van der Waals surface area contributed by atoms with Crippen LogP contribution in [0.3, 0.4) is 0 Å². The lowest BCUT2D eigenvalue weighted by molar-refractivity contribution is 0.186. The van der Waals surface area contributed by atoms with Crippen LogP contribution in [-0.4, -0.2) is 30.6 Å². The lowest BCUT2D eigenvalue weighted by atomic mass is 10.0. The minimum atomic E-state index is 0.702. The summed E-state index contributed by atoms with van der Waals surface area (Å²) in [6, 6.07) is 2.91. The predicted molar refractivity (Wildman–Crippen MR) is 80.2 cm³/mol. The van der Waals surface area contributed by atoms with Crippen molar-refractivity contribution in [3.63, 3.8) is 0 Å². The van der Waals surface area contributed by atoms with E-state index in [1.54, 1.807) is 0 Å². The van der Waals surface area contributed by atoms with Gasteiger partial charge < -0.3 is 5.32 Å². The molecule has 0 spiro atoms. The molecule has 0 bridgehead atoms. The number of hydrogen-bond donors (Lipinski definition) is 1. The summed E-state index contributed by atoms with van der Waals surface area (Å²) < 4.78 is 0. The standard InChI is InChI=1S/C15H26N2S/c1-12(2)14(17-7-4-5-8-17)10-16-11-15-13(3)6-9-18-15/h6,9,12,14,16H,4-5,7-8,10-11H2,1-3H3. The molecular weight excluding hydrogens is 240 g/mol. The molecule has 1 aliphatic rings. The quantitative estimate of drug-likeness (QED) is 0.850. The number of likely N-dealkylation sites (tertiary alicyclic amines) is 1. The molecule has 2 heterocycles. The fourth-order valence-electron chi connectivity index (χ4n) is 2.78. The molecule has 0 aliphatic carbocycles. The Bertz CT molecular complexity index is 353. The molecule has 0 aromatic carbocycles. The maximum absolute atomic E-state index is 3.66. The van der Waals surface area contributed by atoms with Crippen LogP contribution in [0.4, 0.5) is 0 Å². The first kappa shape index (κ1) is 14.0. The molecule has 0 saturated carbocycles. The Morgan fingerprint density at radius 3 is 2.61 bits per heavy atom. The smallest absolute Gasteiger partial charge is 0.0303 e. The van der Waals surface area contributed by atoms with Crippen molar-refractivity contribution in [2.45, 2.75) is 46.2 Å². The van der Waals surface area contributed by atoms with Crippen LogP contribution in [-0.2, 0) is 6.54 Å². The molecule has 102 valence electrons. The molecule has 2 nitrogen and oxygen atoms in total. The van der Waals surface area contributed by atoms with Crippen LogP contribution in [0.25, 0.3) is 0 Å². The minimum absolute atomic E-state index is 0.702. The van der Waals surface area contributed by atoms with Crippen molar-refractivity contribution in [3.8, 4) is 0 Å². The Balaban J connectivity index is 1.80. The maximum atomic E-state index is 3.66. The van der Waals surface area contributed by atoms with Gasteiger partial charge in [-0.2, -0.15) is 0 Å². The molecule has 1 unspecified atom stereocenters. The molecular formula is C15H26N2S. The van der Waals surface area contributed by atoms with Crippen LogP contribution in [0, 0.1) is 12.8 Å². The molecule has 1 N–H and O–H groups in total. The number of nitrogens with one attached hydrogen (secondary N) is 1. The summed E-state index contributed by atoms with van der Waals surface area (Å²) in [5.74, 6) is 0.736. The highest BCUT2D eigenvalue weighted by atomic mass is 32.1. The van der Waals surface area contributed by atoms with E-state index in [4.69, 9.17) is 0 Å². The van der Waals surface area contributed by atoms with Gasteiger partial charge in [0.05, 0.1) is 0 Å². The van der Waals surface area contributed by atoms with Gasteiger partial charge in [0.1, 0.15) is 0 Å². The number of aryl methyl sites for hydroxylation is 1. The Morgan fingerprint density at radius 1 is 1.33 bits per heavy atom. The van der Waals surface area contributed by atoms with E-state index in [0.717, 1.165) is 19.0 Å². The second-order valence-corrected chi connectivity index (χ2v) is 6.71. The van der Waals surface area contributed by atoms with Gasteiger partial charge >= 0.3 is 0 Å². The molecule has 1 fully saturated rings. The molecule has 2 rings (SSSR count). The summed E-state index contributed by atoms with van der Waals surface area (Å²) in [5, 5.41) is 5.84. The number of nitrogens with zero attached hydrogens (tertiary/aromatic N) is 1. The molecule has 3 heteroatoms. The van der Waals surface area contributed by atoms with Crippen molar-refractivity contribution in [2.24, 2.45) is 5.92 Å². The third kappa shape index (κ3) is 3.56. The fraction of sp³-hybridized carbons (Fsp3) is 0.733. The second-order valence-electron chi connectivity index (χ2n) is 5.71. The van der Waals surface area contributed by atoms with Gasteiger partial charge in [0.25, 0.3) is 0 Å². The van der Waals surface area contributed by atoms with Crippen molar-refractivity contribution in [1.29, 1.82) is 0 Å². The van der Waals surface area contributed by atoms with Crippen molar-refractivity contribution in [2.75, 3.05) is 19.6 Å². The van der Waals surface area contributed by atoms with Crippen molar-refractivity contribution < 1.29 is 0 Å².